The van der Waals surface area contributed by atoms with Crippen molar-refractivity contribution in [2.75, 3.05) is 36.8 Å². The van der Waals surface area contributed by atoms with Gasteiger partial charge in [-0.3, -0.25) is 19.7 Å². The standard InChI is InChI=1S/C13H14FN5O4/c14-10-8(1-2-9(11(10)15)19(22)23)17-3-4-18-7(6-17)5-16-12(20)13(18)21/h1-2,7H,3-6,15H2,(H,16,20). The van der Waals surface area contributed by atoms with Crippen LogP contribution >= 0.6 is 0 Å². The molecule has 3 rings (SSSR count). The molecular formula is C13H14FN5O4. The number of amides is 2. The van der Waals surface area contributed by atoms with E-state index in [-0.39, 0.29) is 24.8 Å². The molecule has 3 N–H and O–H groups in total. The van der Waals surface area contributed by atoms with E-state index in [0.29, 0.717) is 13.1 Å². The van der Waals surface area contributed by atoms with E-state index in [1.165, 1.54) is 11.0 Å². The second-order valence-electron chi connectivity index (χ2n) is 5.40. The zero-order chi connectivity index (χ0) is 16.7. The average molecular weight is 323 g/mol. The van der Waals surface area contributed by atoms with Gasteiger partial charge in [0.25, 0.3) is 5.69 Å². The second-order valence-corrected chi connectivity index (χ2v) is 5.40. The van der Waals surface area contributed by atoms with Crippen LogP contribution in [-0.4, -0.2) is 53.9 Å². The van der Waals surface area contributed by atoms with Gasteiger partial charge in [-0.1, -0.05) is 0 Å². The number of nitro benzene ring substituents is 1. The van der Waals surface area contributed by atoms with E-state index in [1.807, 2.05) is 0 Å². The Morgan fingerprint density at radius 2 is 2.09 bits per heavy atom. The van der Waals surface area contributed by atoms with E-state index in [1.54, 1.807) is 4.90 Å². The molecule has 0 aromatic heterocycles. The van der Waals surface area contributed by atoms with E-state index in [4.69, 9.17) is 5.73 Å². The van der Waals surface area contributed by atoms with Crippen molar-refractivity contribution < 1.29 is 18.9 Å². The van der Waals surface area contributed by atoms with Crippen molar-refractivity contribution in [2.45, 2.75) is 6.04 Å². The first-order valence-electron chi connectivity index (χ1n) is 6.96. The van der Waals surface area contributed by atoms with Crippen molar-refractivity contribution in [1.29, 1.82) is 0 Å². The number of nitrogens with two attached hydrogens (primary N) is 1. The molecule has 23 heavy (non-hydrogen) atoms. The number of nitro groups is 1. The Kier molecular flexibility index (Phi) is 3.51. The molecule has 2 amide bonds. The first-order chi connectivity index (χ1) is 10.9. The van der Waals surface area contributed by atoms with E-state index >= 15 is 0 Å². The predicted molar refractivity (Wildman–Crippen MR) is 78.2 cm³/mol. The molecule has 2 fully saturated rings. The summed E-state index contributed by atoms with van der Waals surface area (Å²) in [6, 6.07) is 2.20. The summed E-state index contributed by atoms with van der Waals surface area (Å²) < 4.78 is 14.3. The summed E-state index contributed by atoms with van der Waals surface area (Å²) in [6.45, 7) is 1.17. The molecule has 1 aromatic carbocycles. The maximum atomic E-state index is 14.3. The van der Waals surface area contributed by atoms with Crippen molar-refractivity contribution >= 4 is 28.9 Å². The molecule has 0 aliphatic carbocycles. The van der Waals surface area contributed by atoms with Gasteiger partial charge in [-0.05, 0) is 6.07 Å². The summed E-state index contributed by atoms with van der Waals surface area (Å²) in [6.07, 6.45) is 0. The molecule has 1 atom stereocenters. The van der Waals surface area contributed by atoms with E-state index < -0.39 is 33.9 Å². The second kappa shape index (κ2) is 5.38. The molecule has 2 aliphatic rings. The van der Waals surface area contributed by atoms with E-state index in [9.17, 15) is 24.1 Å². The SMILES string of the molecule is Nc1c([N+](=O)[O-])ccc(N2CCN3C(=O)C(=O)NCC3C2)c1F. The van der Waals surface area contributed by atoms with Gasteiger partial charge in [0.15, 0.2) is 5.82 Å². The highest BCUT2D eigenvalue weighted by molar-refractivity contribution is 6.35. The van der Waals surface area contributed by atoms with Crippen LogP contribution in [0.4, 0.5) is 21.5 Å². The molecule has 122 valence electrons. The van der Waals surface area contributed by atoms with Crippen LogP contribution in [0, 0.1) is 15.9 Å². The smallest absolute Gasteiger partial charge is 0.312 e. The zero-order valence-corrected chi connectivity index (χ0v) is 12.0. The van der Waals surface area contributed by atoms with Crippen LogP contribution in [0.5, 0.6) is 0 Å². The molecule has 1 unspecified atom stereocenters. The van der Waals surface area contributed by atoms with E-state index in [0.717, 1.165) is 6.07 Å². The van der Waals surface area contributed by atoms with Gasteiger partial charge < -0.3 is 20.9 Å². The number of carbonyl (C=O) groups is 2. The minimum atomic E-state index is -0.848. The van der Waals surface area contributed by atoms with Crippen LogP contribution in [-0.2, 0) is 9.59 Å². The lowest BCUT2D eigenvalue weighted by molar-refractivity contribution is -0.384. The van der Waals surface area contributed by atoms with Gasteiger partial charge in [0.05, 0.1) is 16.7 Å². The van der Waals surface area contributed by atoms with Gasteiger partial charge >= 0.3 is 11.8 Å². The number of nitrogens with one attached hydrogen (secondary N) is 1. The number of halogens is 1. The number of piperazine rings is 2. The Bertz CT molecular complexity index is 710. The minimum Gasteiger partial charge on any atom is -0.391 e. The highest BCUT2D eigenvalue weighted by Crippen LogP contribution is 2.32. The molecule has 10 heteroatoms. The Labute approximate surface area is 130 Å². The third kappa shape index (κ3) is 2.41. The first-order valence-corrected chi connectivity index (χ1v) is 6.96. The summed E-state index contributed by atoms with van der Waals surface area (Å²) in [5, 5.41) is 13.3. The van der Waals surface area contributed by atoms with Gasteiger partial charge in [-0.25, -0.2) is 4.39 Å². The highest BCUT2D eigenvalue weighted by Gasteiger charge is 2.38. The lowest BCUT2D eigenvalue weighted by Gasteiger charge is -2.44. The molecule has 1 aromatic rings. The Morgan fingerprint density at radius 1 is 1.35 bits per heavy atom. The van der Waals surface area contributed by atoms with Gasteiger partial charge in [0, 0.05) is 32.2 Å². The van der Waals surface area contributed by atoms with Crippen molar-refractivity contribution in [3.8, 4) is 0 Å². The van der Waals surface area contributed by atoms with E-state index in [2.05, 4.69) is 5.32 Å². The number of hydrogen-bond acceptors (Lipinski definition) is 6. The summed E-state index contributed by atoms with van der Waals surface area (Å²) in [5.74, 6) is -2.08. The number of carbonyl (C=O) groups excluding carboxylic acids is 2. The monoisotopic (exact) mass is 323 g/mol. The normalized spacial score (nSPS) is 21.0. The van der Waals surface area contributed by atoms with Crippen molar-refractivity contribution in [2.24, 2.45) is 0 Å². The van der Waals surface area contributed by atoms with Crippen molar-refractivity contribution in [3.05, 3.63) is 28.1 Å². The largest absolute Gasteiger partial charge is 0.391 e. The average Bonchev–Trinajstić information content (AvgIpc) is 2.53. The molecule has 0 spiro atoms. The van der Waals surface area contributed by atoms with Crippen LogP contribution in [0.2, 0.25) is 0 Å². The number of hydrogen-bond donors (Lipinski definition) is 2. The fraction of sp³-hybridized carbons (Fsp3) is 0.385. The predicted octanol–water partition coefficient (Wildman–Crippen LogP) is -0.537. The minimum absolute atomic E-state index is 0.150. The summed E-state index contributed by atoms with van der Waals surface area (Å²) in [7, 11) is 0. The van der Waals surface area contributed by atoms with Crippen molar-refractivity contribution in [3.63, 3.8) is 0 Å². The molecule has 2 heterocycles. The number of fused-ring (bicyclic) bond motifs is 1. The van der Waals surface area contributed by atoms with Gasteiger partial charge in [-0.2, -0.15) is 0 Å². The lowest BCUT2D eigenvalue weighted by Crippen LogP contribution is -2.65. The Balaban J connectivity index is 1.85. The van der Waals surface area contributed by atoms with Crippen LogP contribution in [0.3, 0.4) is 0 Å². The van der Waals surface area contributed by atoms with Crippen molar-refractivity contribution in [1.82, 2.24) is 10.2 Å². The molecule has 9 nitrogen and oxygen atoms in total. The number of anilines is 2. The number of nitrogen functional groups attached to an aromatic ring is 1. The van der Waals surface area contributed by atoms with Crippen LogP contribution in [0.1, 0.15) is 0 Å². The van der Waals surface area contributed by atoms with Crippen LogP contribution in [0.25, 0.3) is 0 Å². The summed E-state index contributed by atoms with van der Waals surface area (Å²) >= 11 is 0. The van der Waals surface area contributed by atoms with Crippen LogP contribution in [0.15, 0.2) is 12.1 Å². The molecule has 2 aliphatic heterocycles. The lowest BCUT2D eigenvalue weighted by atomic mass is 10.1. The fourth-order valence-electron chi connectivity index (χ4n) is 2.91. The highest BCUT2D eigenvalue weighted by atomic mass is 19.1. The quantitative estimate of drug-likeness (QED) is 0.326. The molecule has 0 radical (unpaired) electrons. The summed E-state index contributed by atoms with van der Waals surface area (Å²) in [5.41, 5.74) is 4.66. The number of benzene rings is 1. The van der Waals surface area contributed by atoms with Crippen LogP contribution < -0.4 is 16.0 Å². The third-order valence-corrected chi connectivity index (χ3v) is 4.11. The number of rotatable bonds is 2. The number of nitrogens with zero attached hydrogens (tertiary/aromatic N) is 3. The Hall–Kier alpha value is -2.91. The summed E-state index contributed by atoms with van der Waals surface area (Å²) in [4.78, 5) is 36.3. The molecular weight excluding hydrogens is 309 g/mol. The third-order valence-electron chi connectivity index (χ3n) is 4.11. The molecule has 2 saturated heterocycles. The molecule has 0 saturated carbocycles. The van der Waals surface area contributed by atoms with Gasteiger partial charge in [0.1, 0.15) is 5.69 Å². The maximum absolute atomic E-state index is 14.3. The maximum Gasteiger partial charge on any atom is 0.312 e. The molecule has 0 bridgehead atoms. The van der Waals surface area contributed by atoms with Gasteiger partial charge in [-0.15, -0.1) is 0 Å². The first kappa shape index (κ1) is 15.0. The Morgan fingerprint density at radius 3 is 2.78 bits per heavy atom. The fourth-order valence-corrected chi connectivity index (χ4v) is 2.91. The topological polar surface area (TPSA) is 122 Å². The van der Waals surface area contributed by atoms with Gasteiger partial charge in [0.2, 0.25) is 0 Å². The zero-order valence-electron chi connectivity index (χ0n) is 12.0.